The second kappa shape index (κ2) is 8.46. The van der Waals surface area contributed by atoms with Gasteiger partial charge in [0, 0.05) is 16.2 Å². The van der Waals surface area contributed by atoms with E-state index in [-0.39, 0.29) is 13.2 Å². The average molecular weight is 408 g/mol. The van der Waals surface area contributed by atoms with Gasteiger partial charge in [-0.15, -0.1) is 0 Å². The number of hydrogen-bond donors (Lipinski definition) is 2. The van der Waals surface area contributed by atoms with Gasteiger partial charge in [0.1, 0.15) is 0 Å². The maximum Gasteiger partial charge on any atom is 0.230 e. The molecule has 0 radical (unpaired) electrons. The molecular formula is C24H25O4P. The van der Waals surface area contributed by atoms with Crippen molar-refractivity contribution in [2.24, 2.45) is 0 Å². The highest BCUT2D eigenvalue weighted by Gasteiger charge is 2.38. The monoisotopic (exact) mass is 408 g/mol. The van der Waals surface area contributed by atoms with Crippen molar-refractivity contribution in [3.05, 3.63) is 94.0 Å². The van der Waals surface area contributed by atoms with Gasteiger partial charge in [-0.1, -0.05) is 60.7 Å². The van der Waals surface area contributed by atoms with Crippen molar-refractivity contribution in [1.82, 2.24) is 0 Å². The fraction of sp³-hybridized carbons (Fsp3) is 0.208. The summed E-state index contributed by atoms with van der Waals surface area (Å²) in [5.74, 6) is 0. The summed E-state index contributed by atoms with van der Waals surface area (Å²) in [6.45, 7) is 4.83. The molecule has 3 aromatic carbocycles. The van der Waals surface area contributed by atoms with Crippen molar-refractivity contribution in [3.8, 4) is 0 Å². The van der Waals surface area contributed by atoms with Gasteiger partial charge in [-0.3, -0.25) is 4.79 Å². The minimum Gasteiger partial charge on any atom is -0.392 e. The predicted molar refractivity (Wildman–Crippen MR) is 117 cm³/mol. The molecule has 0 atom stereocenters. The number of rotatable bonds is 6. The molecule has 0 fully saturated rings. The van der Waals surface area contributed by atoms with Crippen LogP contribution in [0.2, 0.25) is 0 Å². The van der Waals surface area contributed by atoms with Crippen LogP contribution < -0.4 is 10.6 Å². The Hall–Kier alpha value is -2.52. The second-order valence-electron chi connectivity index (χ2n) is 7.11. The summed E-state index contributed by atoms with van der Waals surface area (Å²) in [4.78, 5) is 13.9. The summed E-state index contributed by atoms with van der Waals surface area (Å²) < 4.78 is 14.4. The Labute approximate surface area is 171 Å². The molecule has 0 aromatic heterocycles. The second-order valence-corrected chi connectivity index (χ2v) is 9.77. The first kappa shape index (κ1) is 21.2. The molecule has 2 N–H and O–H groups in total. The van der Waals surface area contributed by atoms with Gasteiger partial charge in [0.25, 0.3) is 0 Å². The Balaban J connectivity index is 2.36. The van der Waals surface area contributed by atoms with Gasteiger partial charge in [-0.05, 0) is 48.6 Å². The standard InChI is InChI=1S/C24H25O4P/c1-16-21(14-25)17(2)23(18(3)22(16)15-26)24(27)29(28,19-10-6-4-7-11-19)20-12-8-5-9-13-20/h4-13,25-26H,14-15H2,1-3H3. The number of aliphatic hydroxyl groups excluding tert-OH is 2. The van der Waals surface area contributed by atoms with Crippen LogP contribution in [-0.4, -0.2) is 15.7 Å². The lowest BCUT2D eigenvalue weighted by Crippen LogP contribution is -2.24. The zero-order valence-electron chi connectivity index (χ0n) is 16.8. The van der Waals surface area contributed by atoms with E-state index < -0.39 is 12.7 Å². The first-order valence-corrected chi connectivity index (χ1v) is 11.2. The van der Waals surface area contributed by atoms with Crippen LogP contribution in [0.15, 0.2) is 60.7 Å². The van der Waals surface area contributed by atoms with E-state index in [0.717, 1.165) is 5.56 Å². The topological polar surface area (TPSA) is 74.6 Å². The lowest BCUT2D eigenvalue weighted by Gasteiger charge is -2.24. The third-order valence-electron chi connectivity index (χ3n) is 5.62. The van der Waals surface area contributed by atoms with Gasteiger partial charge in [0.2, 0.25) is 12.7 Å². The molecule has 0 amide bonds. The Morgan fingerprint density at radius 3 is 1.45 bits per heavy atom. The van der Waals surface area contributed by atoms with Crippen LogP contribution in [0.4, 0.5) is 0 Å². The normalized spacial score (nSPS) is 11.5. The van der Waals surface area contributed by atoms with Gasteiger partial charge in [0.05, 0.1) is 13.2 Å². The zero-order valence-corrected chi connectivity index (χ0v) is 17.7. The lowest BCUT2D eigenvalue weighted by atomic mass is 9.89. The lowest BCUT2D eigenvalue weighted by molar-refractivity contribution is 0.107. The molecule has 0 aliphatic rings. The summed E-state index contributed by atoms with van der Waals surface area (Å²) in [5, 5.41) is 20.7. The largest absolute Gasteiger partial charge is 0.392 e. The number of aliphatic hydroxyl groups is 2. The van der Waals surface area contributed by atoms with E-state index in [2.05, 4.69) is 0 Å². The molecule has 3 aromatic rings. The van der Waals surface area contributed by atoms with Gasteiger partial charge in [-0.2, -0.15) is 0 Å². The van der Waals surface area contributed by atoms with Crippen molar-refractivity contribution in [3.63, 3.8) is 0 Å². The van der Waals surface area contributed by atoms with Crippen molar-refractivity contribution in [2.75, 3.05) is 0 Å². The van der Waals surface area contributed by atoms with Crippen LogP contribution in [0.5, 0.6) is 0 Å². The molecule has 150 valence electrons. The van der Waals surface area contributed by atoms with Crippen LogP contribution in [0.1, 0.15) is 38.2 Å². The molecule has 0 saturated heterocycles. The maximum atomic E-state index is 14.4. The fourth-order valence-corrected chi connectivity index (χ4v) is 6.54. The molecule has 0 spiro atoms. The molecule has 0 unspecified atom stereocenters. The van der Waals surface area contributed by atoms with E-state index in [1.807, 2.05) is 19.1 Å². The van der Waals surface area contributed by atoms with E-state index >= 15 is 0 Å². The van der Waals surface area contributed by atoms with Crippen LogP contribution in [-0.2, 0) is 17.8 Å². The summed E-state index contributed by atoms with van der Waals surface area (Å²) >= 11 is 0. The molecule has 0 aliphatic heterocycles. The van der Waals surface area contributed by atoms with Crippen molar-refractivity contribution < 1.29 is 19.6 Å². The summed E-state index contributed by atoms with van der Waals surface area (Å²) in [6.07, 6.45) is 0. The molecule has 3 rings (SSSR count). The Morgan fingerprint density at radius 2 is 1.10 bits per heavy atom. The smallest absolute Gasteiger partial charge is 0.230 e. The molecule has 0 saturated carbocycles. The van der Waals surface area contributed by atoms with Gasteiger partial charge >= 0.3 is 0 Å². The quantitative estimate of drug-likeness (QED) is 0.609. The van der Waals surface area contributed by atoms with E-state index in [9.17, 15) is 19.6 Å². The molecule has 0 heterocycles. The van der Waals surface area contributed by atoms with Crippen LogP contribution in [0.25, 0.3) is 0 Å². The van der Waals surface area contributed by atoms with E-state index in [1.165, 1.54) is 0 Å². The maximum absolute atomic E-state index is 14.4. The summed E-state index contributed by atoms with van der Waals surface area (Å²) in [7, 11) is -3.67. The third-order valence-corrected chi connectivity index (χ3v) is 8.46. The first-order valence-electron chi connectivity index (χ1n) is 9.47. The molecule has 0 bridgehead atoms. The molecule has 0 aliphatic carbocycles. The highest BCUT2D eigenvalue weighted by molar-refractivity contribution is 7.93. The van der Waals surface area contributed by atoms with Gasteiger partial charge < -0.3 is 14.8 Å². The number of hydrogen-bond acceptors (Lipinski definition) is 4. The van der Waals surface area contributed by atoms with Crippen molar-refractivity contribution in [1.29, 1.82) is 0 Å². The average Bonchev–Trinajstić information content (AvgIpc) is 2.75. The van der Waals surface area contributed by atoms with Gasteiger partial charge in [0.15, 0.2) is 0 Å². The van der Waals surface area contributed by atoms with E-state index in [4.69, 9.17) is 0 Å². The molecule has 29 heavy (non-hydrogen) atoms. The van der Waals surface area contributed by atoms with Crippen LogP contribution >= 0.6 is 7.14 Å². The molecule has 4 nitrogen and oxygen atoms in total. The van der Waals surface area contributed by atoms with Crippen molar-refractivity contribution in [2.45, 2.75) is 34.0 Å². The summed E-state index contributed by atoms with van der Waals surface area (Å²) in [6, 6.07) is 17.6. The van der Waals surface area contributed by atoms with E-state index in [0.29, 0.717) is 38.4 Å². The minimum atomic E-state index is -3.67. The third kappa shape index (κ3) is 3.49. The minimum absolute atomic E-state index is 0.258. The van der Waals surface area contributed by atoms with Crippen molar-refractivity contribution >= 4 is 23.3 Å². The fourth-order valence-electron chi connectivity index (χ4n) is 3.94. The highest BCUT2D eigenvalue weighted by Crippen LogP contribution is 2.48. The summed E-state index contributed by atoms with van der Waals surface area (Å²) in [5.41, 5.74) is 3.00. The number of carbonyl (C=O) groups excluding carboxylic acids is 1. The number of carbonyl (C=O) groups is 1. The SMILES string of the molecule is Cc1c(CO)c(C)c(C(=O)P(=O)(c2ccccc2)c2ccccc2)c(C)c1CO. The Bertz CT molecular complexity index is 1010. The number of benzene rings is 3. The predicted octanol–water partition coefficient (Wildman–Crippen LogP) is 3.75. The van der Waals surface area contributed by atoms with Crippen LogP contribution in [0.3, 0.4) is 0 Å². The molecular weight excluding hydrogens is 383 g/mol. The molecule has 5 heteroatoms. The zero-order chi connectivity index (χ0) is 21.2. The Morgan fingerprint density at radius 1 is 0.724 bits per heavy atom. The van der Waals surface area contributed by atoms with Gasteiger partial charge in [-0.25, -0.2) is 0 Å². The first-order chi connectivity index (χ1) is 13.9. The van der Waals surface area contributed by atoms with E-state index in [1.54, 1.807) is 62.4 Å². The highest BCUT2D eigenvalue weighted by atomic mass is 31.2. The van der Waals surface area contributed by atoms with Crippen LogP contribution in [0, 0.1) is 20.8 Å². The Kier molecular flexibility index (Phi) is 6.18.